The molecule has 0 bridgehead atoms. The van der Waals surface area contributed by atoms with Gasteiger partial charge in [-0.15, -0.1) is 0 Å². The third-order valence-electron chi connectivity index (χ3n) is 4.46. The second-order valence-electron chi connectivity index (χ2n) is 6.22. The lowest BCUT2D eigenvalue weighted by molar-refractivity contribution is -0.264. The fourth-order valence-corrected chi connectivity index (χ4v) is 4.33. The minimum absolute atomic E-state index is 0.0219. The summed E-state index contributed by atoms with van der Waals surface area (Å²) in [6.07, 6.45) is 3.07. The Morgan fingerprint density at radius 3 is 2.33 bits per heavy atom. The van der Waals surface area contributed by atoms with Crippen LogP contribution in [0.25, 0.3) is 0 Å². The molecule has 4 heteroatoms. The average Bonchev–Trinajstić information content (AvgIpc) is 2.84. The zero-order valence-corrected chi connectivity index (χ0v) is 14.4. The van der Waals surface area contributed by atoms with E-state index in [9.17, 15) is 0 Å². The van der Waals surface area contributed by atoms with Crippen LogP contribution >= 0.6 is 11.8 Å². The monoisotopic (exact) mass is 342 g/mol. The minimum Gasteiger partial charge on any atom is -0.359 e. The Morgan fingerprint density at radius 1 is 0.792 bits per heavy atom. The first-order valence-corrected chi connectivity index (χ1v) is 9.45. The quantitative estimate of drug-likeness (QED) is 0.802. The molecule has 0 amide bonds. The number of benzene rings is 2. The predicted molar refractivity (Wildman–Crippen MR) is 94.8 cm³/mol. The molecule has 0 spiro atoms. The highest BCUT2D eigenvalue weighted by Gasteiger charge is 2.36. The Kier molecular flexibility index (Phi) is 5.18. The standard InChI is InChI=1S/C20H22O3S/c1-3-8-15(9-4-1)20-21-14-18-17(23-20)12-7-13-19(22-18)24-16-10-5-2-6-11-16/h1-6,8-11,17-20H,7,12-14H2/t17-,18+,19-,20+/m0/s1. The van der Waals surface area contributed by atoms with E-state index < -0.39 is 0 Å². The Labute approximate surface area is 147 Å². The van der Waals surface area contributed by atoms with Crippen LogP contribution in [0, 0.1) is 0 Å². The van der Waals surface area contributed by atoms with Gasteiger partial charge in [0, 0.05) is 10.5 Å². The van der Waals surface area contributed by atoms with Crippen LogP contribution in [0.3, 0.4) is 0 Å². The van der Waals surface area contributed by atoms with Crippen LogP contribution in [-0.4, -0.2) is 24.3 Å². The Hall–Kier alpha value is -1.33. The van der Waals surface area contributed by atoms with Gasteiger partial charge < -0.3 is 14.2 Å². The van der Waals surface area contributed by atoms with Crippen LogP contribution in [-0.2, 0) is 14.2 Å². The van der Waals surface area contributed by atoms with Crippen molar-refractivity contribution in [1.82, 2.24) is 0 Å². The van der Waals surface area contributed by atoms with Gasteiger partial charge >= 0.3 is 0 Å². The molecule has 126 valence electrons. The molecule has 2 aliphatic heterocycles. The minimum atomic E-state index is -0.269. The topological polar surface area (TPSA) is 27.7 Å². The van der Waals surface area contributed by atoms with Gasteiger partial charge in [0.05, 0.1) is 12.7 Å². The summed E-state index contributed by atoms with van der Waals surface area (Å²) in [6.45, 7) is 0.593. The zero-order valence-electron chi connectivity index (χ0n) is 13.5. The normalized spacial score (nSPS) is 30.3. The molecule has 0 unspecified atom stereocenters. The van der Waals surface area contributed by atoms with E-state index >= 15 is 0 Å². The van der Waals surface area contributed by atoms with Gasteiger partial charge in [0.2, 0.25) is 0 Å². The SMILES string of the molecule is c1ccc(S[C@H]2CCC[C@@H]3O[C@H](c4ccccc4)OC[C@H]3O2)cc1. The number of hydrogen-bond donors (Lipinski definition) is 0. The van der Waals surface area contributed by atoms with Gasteiger partial charge in [0.15, 0.2) is 6.29 Å². The van der Waals surface area contributed by atoms with E-state index in [1.54, 1.807) is 11.8 Å². The van der Waals surface area contributed by atoms with Crippen molar-refractivity contribution in [2.45, 2.75) is 48.1 Å². The average molecular weight is 342 g/mol. The van der Waals surface area contributed by atoms with E-state index in [0.29, 0.717) is 6.61 Å². The molecule has 2 heterocycles. The largest absolute Gasteiger partial charge is 0.359 e. The summed E-state index contributed by atoms with van der Waals surface area (Å²) in [5, 5.41) is 0. The molecule has 4 rings (SSSR count). The van der Waals surface area contributed by atoms with Crippen molar-refractivity contribution in [2.75, 3.05) is 6.61 Å². The third-order valence-corrected chi connectivity index (χ3v) is 5.62. The van der Waals surface area contributed by atoms with Crippen molar-refractivity contribution < 1.29 is 14.2 Å². The fraction of sp³-hybridized carbons (Fsp3) is 0.400. The summed E-state index contributed by atoms with van der Waals surface area (Å²) >= 11 is 1.80. The molecule has 2 aliphatic rings. The van der Waals surface area contributed by atoms with E-state index in [4.69, 9.17) is 14.2 Å². The highest BCUT2D eigenvalue weighted by molar-refractivity contribution is 7.99. The molecule has 0 N–H and O–H groups in total. The van der Waals surface area contributed by atoms with Gasteiger partial charge in [-0.05, 0) is 31.4 Å². The highest BCUT2D eigenvalue weighted by Crippen LogP contribution is 2.36. The van der Waals surface area contributed by atoms with Crippen LogP contribution in [0.5, 0.6) is 0 Å². The lowest BCUT2D eigenvalue weighted by Crippen LogP contribution is -2.42. The maximum atomic E-state index is 6.32. The van der Waals surface area contributed by atoms with E-state index in [-0.39, 0.29) is 23.9 Å². The van der Waals surface area contributed by atoms with E-state index in [1.165, 1.54) is 4.90 Å². The summed E-state index contributed by atoms with van der Waals surface area (Å²) in [6, 6.07) is 20.6. The second kappa shape index (κ2) is 7.70. The molecular weight excluding hydrogens is 320 g/mol. The Balaban J connectivity index is 1.39. The van der Waals surface area contributed by atoms with E-state index in [2.05, 4.69) is 36.4 Å². The molecule has 2 fully saturated rings. The maximum absolute atomic E-state index is 6.32. The molecule has 0 aliphatic carbocycles. The first kappa shape index (κ1) is 16.2. The first-order chi connectivity index (χ1) is 11.9. The zero-order chi connectivity index (χ0) is 16.2. The summed E-state index contributed by atoms with van der Waals surface area (Å²) < 4.78 is 18.4. The van der Waals surface area contributed by atoms with Crippen molar-refractivity contribution in [2.24, 2.45) is 0 Å². The molecule has 0 radical (unpaired) electrons. The maximum Gasteiger partial charge on any atom is 0.184 e. The van der Waals surface area contributed by atoms with Crippen LogP contribution in [0.4, 0.5) is 0 Å². The molecule has 24 heavy (non-hydrogen) atoms. The Morgan fingerprint density at radius 2 is 1.54 bits per heavy atom. The van der Waals surface area contributed by atoms with E-state index in [0.717, 1.165) is 24.8 Å². The van der Waals surface area contributed by atoms with Gasteiger partial charge in [0.25, 0.3) is 0 Å². The molecule has 0 saturated carbocycles. The predicted octanol–water partition coefficient (Wildman–Crippen LogP) is 4.79. The number of rotatable bonds is 3. The van der Waals surface area contributed by atoms with Crippen molar-refractivity contribution >= 4 is 11.8 Å². The third kappa shape index (κ3) is 3.83. The summed E-state index contributed by atoms with van der Waals surface area (Å²) in [5.41, 5.74) is 1.25. The molecular formula is C20H22O3S. The summed E-state index contributed by atoms with van der Waals surface area (Å²) in [4.78, 5) is 1.25. The smallest absolute Gasteiger partial charge is 0.184 e. The second-order valence-corrected chi connectivity index (χ2v) is 7.45. The van der Waals surface area contributed by atoms with Crippen LogP contribution in [0.1, 0.15) is 31.1 Å². The van der Waals surface area contributed by atoms with E-state index in [1.807, 2.05) is 24.3 Å². The summed E-state index contributed by atoms with van der Waals surface area (Å²) in [7, 11) is 0. The van der Waals surface area contributed by atoms with Gasteiger partial charge in [-0.25, -0.2) is 0 Å². The van der Waals surface area contributed by atoms with Crippen molar-refractivity contribution in [3.05, 3.63) is 66.2 Å². The molecule has 2 aromatic carbocycles. The molecule has 0 aromatic heterocycles. The molecule has 4 atom stereocenters. The summed E-state index contributed by atoms with van der Waals surface area (Å²) in [5.74, 6) is 0. The first-order valence-electron chi connectivity index (χ1n) is 8.58. The van der Waals surface area contributed by atoms with Gasteiger partial charge in [-0.3, -0.25) is 0 Å². The number of hydrogen-bond acceptors (Lipinski definition) is 4. The van der Waals surface area contributed by atoms with Crippen molar-refractivity contribution in [1.29, 1.82) is 0 Å². The number of fused-ring (bicyclic) bond motifs is 1. The number of ether oxygens (including phenoxy) is 3. The fourth-order valence-electron chi connectivity index (χ4n) is 3.23. The molecule has 3 nitrogen and oxygen atoms in total. The van der Waals surface area contributed by atoms with Gasteiger partial charge in [-0.1, -0.05) is 60.3 Å². The van der Waals surface area contributed by atoms with Crippen LogP contribution in [0.15, 0.2) is 65.6 Å². The molecule has 2 aromatic rings. The van der Waals surface area contributed by atoms with Crippen molar-refractivity contribution in [3.63, 3.8) is 0 Å². The highest BCUT2D eigenvalue weighted by atomic mass is 32.2. The van der Waals surface area contributed by atoms with Crippen LogP contribution < -0.4 is 0 Å². The Bertz CT molecular complexity index is 634. The van der Waals surface area contributed by atoms with Gasteiger partial charge in [-0.2, -0.15) is 0 Å². The van der Waals surface area contributed by atoms with Crippen molar-refractivity contribution in [3.8, 4) is 0 Å². The van der Waals surface area contributed by atoms with Gasteiger partial charge in [0.1, 0.15) is 11.5 Å². The molecule has 2 saturated heterocycles. The lowest BCUT2D eigenvalue weighted by atomic mass is 10.1. The van der Waals surface area contributed by atoms with Crippen LogP contribution in [0.2, 0.25) is 0 Å². The number of thioether (sulfide) groups is 1. The lowest BCUT2D eigenvalue weighted by Gasteiger charge is -2.36.